The number of nitrogens with zero attached hydrogens (tertiary/aromatic N) is 5. The molecule has 2 aliphatic rings. The number of fused-ring (bicyclic) bond motifs is 1. The molecule has 2 saturated heterocycles. The monoisotopic (exact) mass is 704 g/mol. The van der Waals surface area contributed by atoms with Crippen LogP contribution in [-0.2, 0) is 51.8 Å². The van der Waals surface area contributed by atoms with E-state index < -0.39 is 54.4 Å². The number of esters is 2. The summed E-state index contributed by atoms with van der Waals surface area (Å²) in [5.41, 5.74) is 2.18. The Kier molecular flexibility index (Phi) is 10.5. The van der Waals surface area contributed by atoms with E-state index in [4.69, 9.17) is 28.4 Å². The summed E-state index contributed by atoms with van der Waals surface area (Å²) in [5, 5.41) is 25.5. The van der Waals surface area contributed by atoms with Crippen molar-refractivity contribution in [2.24, 2.45) is 0 Å². The van der Waals surface area contributed by atoms with Crippen molar-refractivity contribution in [3.05, 3.63) is 71.3 Å². The summed E-state index contributed by atoms with van der Waals surface area (Å²) in [6, 6.07) is 15.5. The van der Waals surface area contributed by atoms with Gasteiger partial charge in [-0.05, 0) is 42.2 Å². The summed E-state index contributed by atoms with van der Waals surface area (Å²) < 4.78 is 34.5. The SMILES string of the molecule is CCCc1nc(C(C)(C)O)c(C(=O)OC(C)OC(=O)O[C@@H]2CO[C@@H]3[C@H]2OC[C@H]3OC(C)=O)n1Cc1ccc(-c2ccccc2-c2nn[nH]n2)cc1. The van der Waals surface area contributed by atoms with Gasteiger partial charge in [-0.2, -0.15) is 5.21 Å². The molecule has 51 heavy (non-hydrogen) atoms. The molecule has 2 fully saturated rings. The van der Waals surface area contributed by atoms with Crippen LogP contribution in [0.5, 0.6) is 0 Å². The van der Waals surface area contributed by atoms with Crippen LogP contribution < -0.4 is 0 Å². The first-order valence-corrected chi connectivity index (χ1v) is 16.7. The van der Waals surface area contributed by atoms with Gasteiger partial charge >= 0.3 is 18.1 Å². The highest BCUT2D eigenvalue weighted by Crippen LogP contribution is 2.33. The van der Waals surface area contributed by atoms with Gasteiger partial charge in [-0.15, -0.1) is 10.2 Å². The van der Waals surface area contributed by atoms with Crippen molar-refractivity contribution in [1.82, 2.24) is 30.2 Å². The molecular formula is C35H40N6O10. The van der Waals surface area contributed by atoms with Crippen LogP contribution in [-0.4, -0.2) is 97.3 Å². The lowest BCUT2D eigenvalue weighted by Gasteiger charge is -2.21. The number of hydrogen-bond donors (Lipinski definition) is 2. The first-order chi connectivity index (χ1) is 24.4. The average molecular weight is 705 g/mol. The van der Waals surface area contributed by atoms with Crippen LogP contribution in [0.1, 0.15) is 68.6 Å². The molecule has 2 aromatic heterocycles. The molecule has 0 saturated carbocycles. The van der Waals surface area contributed by atoms with Crippen molar-refractivity contribution in [3.63, 3.8) is 0 Å². The lowest BCUT2D eigenvalue weighted by Crippen LogP contribution is -2.36. The maximum atomic E-state index is 13.8. The van der Waals surface area contributed by atoms with Crippen molar-refractivity contribution < 1.29 is 47.9 Å². The molecular weight excluding hydrogens is 664 g/mol. The van der Waals surface area contributed by atoms with Gasteiger partial charge in [0.2, 0.25) is 12.1 Å². The number of aliphatic hydroxyl groups is 1. The van der Waals surface area contributed by atoms with Crippen LogP contribution in [0.4, 0.5) is 4.79 Å². The summed E-state index contributed by atoms with van der Waals surface area (Å²) in [4.78, 5) is 42.6. The molecule has 4 heterocycles. The number of ether oxygens (including phenoxy) is 6. The standard InChI is InChI=1S/C35H40N6O10/c1-6-9-27-36-31(35(4,5)45)28(33(43)49-20(3)50-34(44)51-26-18-47-29-25(48-19(2)42)17-46-30(26)29)41(27)16-21-12-14-22(15-13-21)23-10-7-8-11-24(23)32-37-39-40-38-32/h7-8,10-15,20,25-26,29-30,45H,6,9,16-18H2,1-5H3,(H,37,38,39,40)/t20?,25-,26-,29+,30+/m1/s1. The number of carbonyl (C=O) groups excluding carboxylic acids is 3. The molecule has 2 N–H and O–H groups in total. The lowest BCUT2D eigenvalue weighted by atomic mass is 9.98. The third kappa shape index (κ3) is 7.92. The molecule has 5 atom stereocenters. The van der Waals surface area contributed by atoms with Crippen LogP contribution in [0.25, 0.3) is 22.5 Å². The second kappa shape index (κ2) is 15.0. The first-order valence-electron chi connectivity index (χ1n) is 16.7. The Morgan fingerprint density at radius 2 is 1.67 bits per heavy atom. The van der Waals surface area contributed by atoms with Crippen LogP contribution in [0, 0.1) is 0 Å². The Balaban J connectivity index is 1.17. The zero-order valence-corrected chi connectivity index (χ0v) is 28.9. The van der Waals surface area contributed by atoms with E-state index in [2.05, 4.69) is 25.6 Å². The second-order valence-corrected chi connectivity index (χ2v) is 12.8. The first kappa shape index (κ1) is 35.6. The summed E-state index contributed by atoms with van der Waals surface area (Å²) >= 11 is 0. The third-order valence-electron chi connectivity index (χ3n) is 8.47. The Bertz CT molecular complexity index is 1850. The smallest absolute Gasteiger partial charge is 0.457 e. The molecule has 16 nitrogen and oxygen atoms in total. The number of aromatic amines is 1. The second-order valence-electron chi connectivity index (χ2n) is 12.8. The maximum Gasteiger partial charge on any atom is 0.511 e. The summed E-state index contributed by atoms with van der Waals surface area (Å²) in [6.07, 6.45) is -3.87. The summed E-state index contributed by atoms with van der Waals surface area (Å²) in [6.45, 7) is 8.08. The van der Waals surface area contributed by atoms with Crippen LogP contribution in [0.3, 0.4) is 0 Å². The molecule has 1 unspecified atom stereocenters. The molecule has 2 aliphatic heterocycles. The number of H-pyrrole nitrogens is 1. The van der Waals surface area contributed by atoms with Crippen molar-refractivity contribution in [1.29, 1.82) is 0 Å². The average Bonchev–Trinajstić information content (AvgIpc) is 3.88. The van der Waals surface area contributed by atoms with Gasteiger partial charge in [-0.1, -0.05) is 55.5 Å². The summed E-state index contributed by atoms with van der Waals surface area (Å²) in [5.74, 6) is -0.258. The molecule has 16 heteroatoms. The molecule has 4 aromatic rings. The Hall–Kier alpha value is -5.19. The summed E-state index contributed by atoms with van der Waals surface area (Å²) in [7, 11) is 0. The van der Waals surface area contributed by atoms with Crippen LogP contribution >= 0.6 is 0 Å². The topological polar surface area (TPSA) is 199 Å². The van der Waals surface area contributed by atoms with Crippen molar-refractivity contribution in [2.75, 3.05) is 13.2 Å². The van der Waals surface area contributed by atoms with E-state index in [-0.39, 0.29) is 31.1 Å². The molecule has 0 aliphatic carbocycles. The number of aryl methyl sites for hydroxylation is 1. The van der Waals surface area contributed by atoms with E-state index in [1.165, 1.54) is 27.7 Å². The van der Waals surface area contributed by atoms with E-state index in [1.807, 2.05) is 55.5 Å². The minimum absolute atomic E-state index is 0.0109. The maximum absolute atomic E-state index is 13.8. The number of nitrogens with one attached hydrogen (secondary N) is 1. The molecule has 270 valence electrons. The van der Waals surface area contributed by atoms with Gasteiger partial charge in [0.25, 0.3) is 0 Å². The predicted molar refractivity (Wildman–Crippen MR) is 177 cm³/mol. The van der Waals surface area contributed by atoms with E-state index in [9.17, 15) is 19.5 Å². The quantitative estimate of drug-likeness (QED) is 0.123. The fraction of sp³-hybridized carbons (Fsp3) is 0.457. The normalized spacial score (nSPS) is 20.4. The van der Waals surface area contributed by atoms with Gasteiger partial charge < -0.3 is 38.1 Å². The van der Waals surface area contributed by atoms with E-state index in [1.54, 1.807) is 4.57 Å². The third-order valence-corrected chi connectivity index (χ3v) is 8.47. The number of benzene rings is 2. The Morgan fingerprint density at radius 1 is 1.00 bits per heavy atom. The number of imidazole rings is 1. The van der Waals surface area contributed by atoms with E-state index in [0.717, 1.165) is 28.7 Å². The highest BCUT2D eigenvalue weighted by molar-refractivity contribution is 5.89. The zero-order valence-electron chi connectivity index (χ0n) is 28.9. The molecule has 6 rings (SSSR count). The van der Waals surface area contributed by atoms with E-state index in [0.29, 0.717) is 18.1 Å². The van der Waals surface area contributed by atoms with Crippen molar-refractivity contribution >= 4 is 18.1 Å². The highest BCUT2D eigenvalue weighted by atomic mass is 16.8. The number of carbonyl (C=O) groups is 3. The molecule has 0 bridgehead atoms. The largest absolute Gasteiger partial charge is 0.511 e. The fourth-order valence-electron chi connectivity index (χ4n) is 6.26. The Morgan fingerprint density at radius 3 is 2.27 bits per heavy atom. The predicted octanol–water partition coefficient (Wildman–Crippen LogP) is 3.71. The number of hydrogen-bond acceptors (Lipinski definition) is 14. The van der Waals surface area contributed by atoms with Crippen LogP contribution in [0.15, 0.2) is 48.5 Å². The minimum Gasteiger partial charge on any atom is -0.457 e. The molecule has 0 amide bonds. The highest BCUT2D eigenvalue weighted by Gasteiger charge is 2.51. The van der Waals surface area contributed by atoms with Crippen molar-refractivity contribution in [3.8, 4) is 22.5 Å². The van der Waals surface area contributed by atoms with Gasteiger partial charge in [0.05, 0.1) is 13.2 Å². The van der Waals surface area contributed by atoms with Crippen molar-refractivity contribution in [2.45, 2.75) is 90.3 Å². The van der Waals surface area contributed by atoms with E-state index >= 15 is 0 Å². The molecule has 0 radical (unpaired) electrons. The molecule has 2 aromatic carbocycles. The van der Waals surface area contributed by atoms with Crippen LogP contribution in [0.2, 0.25) is 0 Å². The lowest BCUT2D eigenvalue weighted by molar-refractivity contribution is -0.151. The van der Waals surface area contributed by atoms with Gasteiger partial charge in [0.1, 0.15) is 29.3 Å². The van der Waals surface area contributed by atoms with Gasteiger partial charge in [0, 0.05) is 32.4 Å². The number of rotatable bonds is 12. The number of tetrazole rings is 1. The molecule has 0 spiro atoms. The van der Waals surface area contributed by atoms with Gasteiger partial charge in [-0.3, -0.25) is 4.79 Å². The van der Waals surface area contributed by atoms with Gasteiger partial charge in [0.15, 0.2) is 17.9 Å². The Labute approximate surface area is 293 Å². The van der Waals surface area contributed by atoms with Gasteiger partial charge in [-0.25, -0.2) is 14.6 Å². The zero-order chi connectivity index (χ0) is 36.3. The fourth-order valence-corrected chi connectivity index (χ4v) is 6.26. The minimum atomic E-state index is -1.50. The number of aromatic nitrogens is 6.